The van der Waals surface area contributed by atoms with Crippen LogP contribution in [0.25, 0.3) is 10.8 Å². The summed E-state index contributed by atoms with van der Waals surface area (Å²) < 4.78 is 24.0. The number of nitrogens with zero attached hydrogens (tertiary/aromatic N) is 1. The molecule has 7 nitrogen and oxygen atoms in total. The lowest BCUT2D eigenvalue weighted by molar-refractivity contribution is -0.119. The second-order valence-corrected chi connectivity index (χ2v) is 7.48. The highest BCUT2D eigenvalue weighted by molar-refractivity contribution is 5.95. The molecule has 0 radical (unpaired) electrons. The van der Waals surface area contributed by atoms with E-state index in [0.717, 1.165) is 22.5 Å². The Balaban J connectivity index is 1.34. The predicted octanol–water partition coefficient (Wildman–Crippen LogP) is 4.77. The summed E-state index contributed by atoms with van der Waals surface area (Å²) in [6.07, 6.45) is 1.44. The summed E-state index contributed by atoms with van der Waals surface area (Å²) in [5, 5.41) is 9.19. The second kappa shape index (κ2) is 10.9. The number of methoxy groups -OCH3 is 1. The molecule has 0 aliphatic carbocycles. The lowest BCUT2D eigenvalue weighted by atomic mass is 10.1. The quantitative estimate of drug-likeness (QED) is 0.167. The lowest BCUT2D eigenvalue weighted by Gasteiger charge is -2.10. The Morgan fingerprint density at radius 1 is 0.943 bits per heavy atom. The van der Waals surface area contributed by atoms with Gasteiger partial charge in [0.25, 0.3) is 5.91 Å². The van der Waals surface area contributed by atoms with Crippen LogP contribution in [-0.2, 0) is 4.79 Å². The predicted molar refractivity (Wildman–Crippen MR) is 133 cm³/mol. The van der Waals surface area contributed by atoms with Gasteiger partial charge < -0.3 is 14.8 Å². The Morgan fingerprint density at radius 2 is 1.74 bits per heavy atom. The number of esters is 1. The van der Waals surface area contributed by atoms with Gasteiger partial charge >= 0.3 is 5.97 Å². The smallest absolute Gasteiger partial charge is 0.343 e. The molecule has 0 unspecified atom stereocenters. The normalized spacial score (nSPS) is 10.8. The van der Waals surface area contributed by atoms with E-state index >= 15 is 0 Å². The van der Waals surface area contributed by atoms with Gasteiger partial charge in [0.15, 0.2) is 11.5 Å². The summed E-state index contributed by atoms with van der Waals surface area (Å²) in [6, 6.07) is 23.7. The first kappa shape index (κ1) is 23.4. The van der Waals surface area contributed by atoms with Gasteiger partial charge in [-0.1, -0.05) is 42.5 Å². The van der Waals surface area contributed by atoms with Crippen molar-refractivity contribution in [2.75, 3.05) is 19.0 Å². The van der Waals surface area contributed by atoms with Crippen molar-refractivity contribution in [2.24, 2.45) is 5.10 Å². The molecule has 0 atom stereocenters. The molecule has 2 N–H and O–H groups in total. The number of carbonyl (C=O) groups excluding carboxylic acids is 2. The number of amides is 1. The lowest BCUT2D eigenvalue weighted by Crippen LogP contribution is -2.25. The molecule has 0 fully saturated rings. The number of rotatable bonds is 8. The third-order valence-electron chi connectivity index (χ3n) is 5.08. The minimum atomic E-state index is -0.713. The average Bonchev–Trinajstić information content (AvgIpc) is 2.88. The number of hydrogen-bond acceptors (Lipinski definition) is 6. The molecule has 4 aromatic rings. The number of fused-ring (bicyclic) bond motifs is 1. The number of hydrogen-bond donors (Lipinski definition) is 2. The molecule has 0 saturated carbocycles. The Bertz CT molecular complexity index is 1400. The third kappa shape index (κ3) is 6.00. The number of ether oxygens (including phenoxy) is 2. The maximum absolute atomic E-state index is 13.4. The van der Waals surface area contributed by atoms with Gasteiger partial charge in [0.05, 0.1) is 25.4 Å². The summed E-state index contributed by atoms with van der Waals surface area (Å²) in [7, 11) is 1.43. The highest BCUT2D eigenvalue weighted by Gasteiger charge is 2.13. The Morgan fingerprint density at radius 3 is 2.57 bits per heavy atom. The van der Waals surface area contributed by atoms with Crippen LogP contribution in [0.2, 0.25) is 0 Å². The van der Waals surface area contributed by atoms with E-state index in [2.05, 4.69) is 15.8 Å². The molecule has 8 heteroatoms. The van der Waals surface area contributed by atoms with Crippen molar-refractivity contribution in [2.45, 2.75) is 0 Å². The molecule has 0 aliphatic heterocycles. The zero-order valence-corrected chi connectivity index (χ0v) is 18.8. The first-order valence-electron chi connectivity index (χ1n) is 10.7. The number of nitrogens with one attached hydrogen (secondary N) is 2. The summed E-state index contributed by atoms with van der Waals surface area (Å²) >= 11 is 0. The van der Waals surface area contributed by atoms with Crippen LogP contribution in [0.1, 0.15) is 15.9 Å². The highest BCUT2D eigenvalue weighted by Crippen LogP contribution is 2.28. The van der Waals surface area contributed by atoms with Crippen LogP contribution in [0.3, 0.4) is 0 Å². The Kier molecular flexibility index (Phi) is 7.32. The van der Waals surface area contributed by atoms with Crippen LogP contribution in [-0.4, -0.2) is 31.7 Å². The van der Waals surface area contributed by atoms with Gasteiger partial charge in [0, 0.05) is 11.1 Å². The van der Waals surface area contributed by atoms with Crippen LogP contribution in [0.4, 0.5) is 10.1 Å². The van der Waals surface area contributed by atoms with Crippen LogP contribution in [0.5, 0.6) is 11.5 Å². The molecule has 4 rings (SSSR count). The molecule has 176 valence electrons. The molecule has 0 bridgehead atoms. The van der Waals surface area contributed by atoms with E-state index in [-0.39, 0.29) is 29.5 Å². The van der Waals surface area contributed by atoms with Crippen LogP contribution < -0.4 is 20.2 Å². The fraction of sp³-hybridized carbons (Fsp3) is 0.0741. The minimum Gasteiger partial charge on any atom is -0.493 e. The maximum atomic E-state index is 13.4. The minimum absolute atomic E-state index is 0.0453. The Hall–Kier alpha value is -4.72. The van der Waals surface area contributed by atoms with E-state index in [9.17, 15) is 14.0 Å². The van der Waals surface area contributed by atoms with Crippen molar-refractivity contribution >= 4 is 34.6 Å². The fourth-order valence-electron chi connectivity index (χ4n) is 3.40. The van der Waals surface area contributed by atoms with E-state index in [1.165, 1.54) is 37.6 Å². The fourth-order valence-corrected chi connectivity index (χ4v) is 3.40. The van der Waals surface area contributed by atoms with Gasteiger partial charge in [0.2, 0.25) is 0 Å². The largest absolute Gasteiger partial charge is 0.493 e. The molecule has 0 aromatic heterocycles. The number of hydrazone groups is 1. The maximum Gasteiger partial charge on any atom is 0.343 e. The summed E-state index contributed by atoms with van der Waals surface area (Å²) in [5.74, 6) is -1.12. The SMILES string of the molecule is COc1cc(/C=N\NC(=O)CNc2cccc3ccccc23)ccc1OC(=O)c1cccc(F)c1. The monoisotopic (exact) mass is 471 g/mol. The molecule has 0 aliphatic rings. The number of halogens is 1. The summed E-state index contributed by atoms with van der Waals surface area (Å²) in [5.41, 5.74) is 4.01. The van der Waals surface area contributed by atoms with Crippen LogP contribution >= 0.6 is 0 Å². The second-order valence-electron chi connectivity index (χ2n) is 7.48. The van der Waals surface area contributed by atoms with Gasteiger partial charge in [0.1, 0.15) is 5.82 Å². The number of benzene rings is 4. The third-order valence-corrected chi connectivity index (χ3v) is 5.08. The van der Waals surface area contributed by atoms with Crippen molar-refractivity contribution in [1.82, 2.24) is 5.43 Å². The summed E-state index contributed by atoms with van der Waals surface area (Å²) in [6.45, 7) is 0.0453. The Labute approximate surface area is 201 Å². The number of anilines is 1. The van der Waals surface area contributed by atoms with Crippen molar-refractivity contribution in [1.29, 1.82) is 0 Å². The van der Waals surface area contributed by atoms with Crippen molar-refractivity contribution < 1.29 is 23.5 Å². The molecule has 4 aromatic carbocycles. The zero-order valence-electron chi connectivity index (χ0n) is 18.8. The van der Waals surface area contributed by atoms with E-state index in [1.807, 2.05) is 42.5 Å². The van der Waals surface area contributed by atoms with Gasteiger partial charge in [-0.25, -0.2) is 14.6 Å². The van der Waals surface area contributed by atoms with Crippen LogP contribution in [0, 0.1) is 5.82 Å². The first-order chi connectivity index (χ1) is 17.0. The number of carbonyl (C=O) groups is 2. The van der Waals surface area contributed by atoms with Crippen molar-refractivity contribution in [3.63, 3.8) is 0 Å². The molecule has 0 spiro atoms. The van der Waals surface area contributed by atoms with Crippen molar-refractivity contribution in [3.8, 4) is 11.5 Å². The molecule has 35 heavy (non-hydrogen) atoms. The molecular weight excluding hydrogens is 449 g/mol. The van der Waals surface area contributed by atoms with E-state index < -0.39 is 11.8 Å². The first-order valence-corrected chi connectivity index (χ1v) is 10.7. The molecule has 0 saturated heterocycles. The standard InChI is InChI=1S/C27H22FN3O4/c1-34-25-14-18(12-13-24(25)35-27(33)20-8-4-9-21(28)15-20)16-30-31-26(32)17-29-23-11-5-7-19-6-2-3-10-22(19)23/h2-16,29H,17H2,1H3,(H,31,32)/b30-16-. The summed E-state index contributed by atoms with van der Waals surface area (Å²) in [4.78, 5) is 24.5. The van der Waals surface area contributed by atoms with Crippen LogP contribution in [0.15, 0.2) is 90.0 Å². The van der Waals surface area contributed by atoms with Gasteiger partial charge in [-0.15, -0.1) is 0 Å². The van der Waals surface area contributed by atoms with Gasteiger partial charge in [-0.2, -0.15) is 5.10 Å². The zero-order chi connectivity index (χ0) is 24.6. The van der Waals surface area contributed by atoms with Gasteiger partial charge in [-0.3, -0.25) is 4.79 Å². The van der Waals surface area contributed by atoms with E-state index in [4.69, 9.17) is 9.47 Å². The topological polar surface area (TPSA) is 89.0 Å². The molecule has 1 amide bonds. The average molecular weight is 471 g/mol. The van der Waals surface area contributed by atoms with E-state index in [0.29, 0.717) is 5.56 Å². The molecular formula is C27H22FN3O4. The van der Waals surface area contributed by atoms with Crippen molar-refractivity contribution in [3.05, 3.63) is 102 Å². The van der Waals surface area contributed by atoms with E-state index in [1.54, 1.807) is 12.1 Å². The highest BCUT2D eigenvalue weighted by atomic mass is 19.1. The van der Waals surface area contributed by atoms with Gasteiger partial charge in [-0.05, 0) is 53.4 Å². The molecule has 0 heterocycles.